The van der Waals surface area contributed by atoms with Gasteiger partial charge < -0.3 is 15.5 Å². The van der Waals surface area contributed by atoms with Crippen molar-refractivity contribution in [3.63, 3.8) is 0 Å². The summed E-state index contributed by atoms with van der Waals surface area (Å²) in [5, 5.41) is 7.08. The highest BCUT2D eigenvalue weighted by atomic mass is 16.2. The molecule has 23 heavy (non-hydrogen) atoms. The Morgan fingerprint density at radius 2 is 1.65 bits per heavy atom. The van der Waals surface area contributed by atoms with Crippen LogP contribution >= 0.6 is 0 Å². The maximum absolute atomic E-state index is 13.2. The van der Waals surface area contributed by atoms with Crippen molar-refractivity contribution in [1.29, 1.82) is 0 Å². The number of hydrogen-bond acceptors (Lipinski definition) is 3. The van der Waals surface area contributed by atoms with Gasteiger partial charge in [0.2, 0.25) is 0 Å². The SMILES string of the molecule is O=C1c2ccccc2NC2(CCNCC2)N1Cc1ccccc1. The molecule has 0 atom stereocenters. The van der Waals surface area contributed by atoms with E-state index in [-0.39, 0.29) is 11.6 Å². The van der Waals surface area contributed by atoms with Crippen molar-refractivity contribution in [1.82, 2.24) is 10.2 Å². The van der Waals surface area contributed by atoms with Gasteiger partial charge in [-0.25, -0.2) is 0 Å². The van der Waals surface area contributed by atoms with Gasteiger partial charge in [-0.3, -0.25) is 4.79 Å². The Bertz CT molecular complexity index is 708. The molecule has 4 nitrogen and oxygen atoms in total. The number of carbonyl (C=O) groups is 1. The van der Waals surface area contributed by atoms with Crippen LogP contribution in [-0.2, 0) is 6.54 Å². The van der Waals surface area contributed by atoms with Gasteiger partial charge in [-0.15, -0.1) is 0 Å². The minimum Gasteiger partial charge on any atom is -0.362 e. The molecule has 0 radical (unpaired) electrons. The van der Waals surface area contributed by atoms with Crippen LogP contribution in [0.15, 0.2) is 54.6 Å². The molecule has 1 spiro atoms. The van der Waals surface area contributed by atoms with Gasteiger partial charge in [0.1, 0.15) is 5.66 Å². The van der Waals surface area contributed by atoms with Crippen LogP contribution in [0.5, 0.6) is 0 Å². The lowest BCUT2D eigenvalue weighted by Gasteiger charge is -2.50. The van der Waals surface area contributed by atoms with Crippen LogP contribution in [-0.4, -0.2) is 29.6 Å². The van der Waals surface area contributed by atoms with E-state index in [1.54, 1.807) is 0 Å². The first-order chi connectivity index (χ1) is 11.3. The highest BCUT2D eigenvalue weighted by molar-refractivity contribution is 6.02. The van der Waals surface area contributed by atoms with E-state index >= 15 is 0 Å². The zero-order chi connectivity index (χ0) is 15.7. The number of rotatable bonds is 2. The molecule has 1 fully saturated rings. The summed E-state index contributed by atoms with van der Waals surface area (Å²) in [6.07, 6.45) is 1.83. The maximum Gasteiger partial charge on any atom is 0.258 e. The topological polar surface area (TPSA) is 44.4 Å². The number of hydrogen-bond donors (Lipinski definition) is 2. The molecule has 1 saturated heterocycles. The van der Waals surface area contributed by atoms with Crippen LogP contribution in [0.4, 0.5) is 5.69 Å². The standard InChI is InChI=1S/C19H21N3O/c23-18-16-8-4-5-9-17(16)21-19(10-12-20-13-11-19)22(18)14-15-6-2-1-3-7-15/h1-9,20-21H,10-14H2. The van der Waals surface area contributed by atoms with Crippen molar-refractivity contribution >= 4 is 11.6 Å². The fraction of sp³-hybridized carbons (Fsp3) is 0.316. The monoisotopic (exact) mass is 307 g/mol. The van der Waals surface area contributed by atoms with Crippen LogP contribution < -0.4 is 10.6 Å². The van der Waals surface area contributed by atoms with E-state index in [0.29, 0.717) is 6.54 Å². The molecule has 2 aliphatic heterocycles. The number of anilines is 1. The predicted octanol–water partition coefficient (Wildman–Crippen LogP) is 2.83. The highest BCUT2D eigenvalue weighted by Gasteiger charge is 2.44. The lowest BCUT2D eigenvalue weighted by Crippen LogP contribution is -2.63. The molecule has 0 aliphatic carbocycles. The van der Waals surface area contributed by atoms with E-state index in [2.05, 4.69) is 22.8 Å². The summed E-state index contributed by atoms with van der Waals surface area (Å²) in [4.78, 5) is 15.2. The van der Waals surface area contributed by atoms with E-state index in [9.17, 15) is 4.79 Å². The summed E-state index contributed by atoms with van der Waals surface area (Å²) >= 11 is 0. The van der Waals surface area contributed by atoms with Crippen molar-refractivity contribution in [2.75, 3.05) is 18.4 Å². The predicted molar refractivity (Wildman–Crippen MR) is 91.2 cm³/mol. The number of nitrogens with zero attached hydrogens (tertiary/aromatic N) is 1. The molecule has 4 rings (SSSR count). The van der Waals surface area contributed by atoms with Gasteiger partial charge in [0, 0.05) is 25.1 Å². The number of fused-ring (bicyclic) bond motifs is 1. The molecule has 118 valence electrons. The van der Waals surface area contributed by atoms with Gasteiger partial charge in [0.05, 0.1) is 5.56 Å². The quantitative estimate of drug-likeness (QED) is 0.897. The van der Waals surface area contributed by atoms with Crippen molar-refractivity contribution in [3.8, 4) is 0 Å². The molecule has 0 bridgehead atoms. The number of carbonyl (C=O) groups excluding carboxylic acids is 1. The number of benzene rings is 2. The maximum atomic E-state index is 13.2. The van der Waals surface area contributed by atoms with Crippen LogP contribution in [0.2, 0.25) is 0 Å². The second-order valence-corrected chi connectivity index (χ2v) is 6.33. The molecule has 2 aliphatic rings. The molecule has 2 heterocycles. The first-order valence-corrected chi connectivity index (χ1v) is 8.22. The molecule has 0 saturated carbocycles. The fourth-order valence-corrected chi connectivity index (χ4v) is 3.66. The van der Waals surface area contributed by atoms with Gasteiger partial charge in [0.15, 0.2) is 0 Å². The molecule has 0 unspecified atom stereocenters. The Morgan fingerprint density at radius 3 is 2.43 bits per heavy atom. The zero-order valence-corrected chi connectivity index (χ0v) is 13.1. The molecule has 2 aromatic rings. The first-order valence-electron chi connectivity index (χ1n) is 8.22. The lowest BCUT2D eigenvalue weighted by molar-refractivity contribution is 0.0388. The Hall–Kier alpha value is -2.33. The summed E-state index contributed by atoms with van der Waals surface area (Å²) < 4.78 is 0. The summed E-state index contributed by atoms with van der Waals surface area (Å²) in [7, 11) is 0. The van der Waals surface area contributed by atoms with Crippen molar-refractivity contribution < 1.29 is 4.79 Å². The van der Waals surface area contributed by atoms with Crippen LogP contribution in [0.3, 0.4) is 0 Å². The smallest absolute Gasteiger partial charge is 0.258 e. The normalized spacial score (nSPS) is 19.3. The van der Waals surface area contributed by atoms with Crippen LogP contribution in [0.1, 0.15) is 28.8 Å². The Labute approximate surface area is 136 Å². The summed E-state index contributed by atoms with van der Waals surface area (Å²) in [6, 6.07) is 18.1. The molecule has 2 aromatic carbocycles. The Balaban J connectivity index is 1.75. The number of amides is 1. The van der Waals surface area contributed by atoms with Gasteiger partial charge in [-0.05, 0) is 30.8 Å². The van der Waals surface area contributed by atoms with Gasteiger partial charge >= 0.3 is 0 Å². The fourth-order valence-electron chi connectivity index (χ4n) is 3.66. The van der Waals surface area contributed by atoms with Crippen molar-refractivity contribution in [2.45, 2.75) is 25.0 Å². The van der Waals surface area contributed by atoms with Crippen molar-refractivity contribution in [2.24, 2.45) is 0 Å². The van der Waals surface area contributed by atoms with Gasteiger partial charge in [-0.2, -0.15) is 0 Å². The zero-order valence-electron chi connectivity index (χ0n) is 13.1. The largest absolute Gasteiger partial charge is 0.362 e. The third-order valence-corrected chi connectivity index (χ3v) is 4.90. The van der Waals surface area contributed by atoms with E-state index in [1.807, 2.05) is 47.4 Å². The third kappa shape index (κ3) is 2.49. The molecular formula is C19H21N3O. The Kier molecular flexibility index (Phi) is 3.54. The molecule has 1 amide bonds. The lowest BCUT2D eigenvalue weighted by atomic mass is 9.90. The molecule has 2 N–H and O–H groups in total. The third-order valence-electron chi connectivity index (χ3n) is 4.90. The Morgan fingerprint density at radius 1 is 0.957 bits per heavy atom. The average Bonchev–Trinajstić information content (AvgIpc) is 2.60. The molecule has 4 heteroatoms. The number of para-hydroxylation sites is 1. The van der Waals surface area contributed by atoms with E-state index in [4.69, 9.17) is 0 Å². The van der Waals surface area contributed by atoms with Crippen LogP contribution in [0.25, 0.3) is 0 Å². The molecular weight excluding hydrogens is 286 g/mol. The molecule has 0 aromatic heterocycles. The summed E-state index contributed by atoms with van der Waals surface area (Å²) in [6.45, 7) is 2.49. The average molecular weight is 307 g/mol. The van der Waals surface area contributed by atoms with Gasteiger partial charge in [-0.1, -0.05) is 42.5 Å². The minimum absolute atomic E-state index is 0.130. The van der Waals surface area contributed by atoms with E-state index in [1.165, 1.54) is 5.56 Å². The highest BCUT2D eigenvalue weighted by Crippen LogP contribution is 2.37. The summed E-state index contributed by atoms with van der Waals surface area (Å²) in [5.41, 5.74) is 2.61. The second-order valence-electron chi connectivity index (χ2n) is 6.33. The first kappa shape index (κ1) is 14.3. The number of piperidine rings is 1. The van der Waals surface area contributed by atoms with Crippen molar-refractivity contribution in [3.05, 3.63) is 65.7 Å². The van der Waals surface area contributed by atoms with E-state index < -0.39 is 0 Å². The van der Waals surface area contributed by atoms with E-state index in [0.717, 1.165) is 37.2 Å². The number of nitrogens with one attached hydrogen (secondary N) is 2. The van der Waals surface area contributed by atoms with Gasteiger partial charge in [0.25, 0.3) is 5.91 Å². The minimum atomic E-state index is -0.285. The summed E-state index contributed by atoms with van der Waals surface area (Å²) in [5.74, 6) is 0.130. The second kappa shape index (κ2) is 5.70. The van der Waals surface area contributed by atoms with Crippen LogP contribution in [0, 0.1) is 0 Å².